The molecule has 0 saturated heterocycles. The third-order valence-electron chi connectivity index (χ3n) is 3.30. The van der Waals surface area contributed by atoms with Gasteiger partial charge < -0.3 is 4.84 Å². The number of rotatable bonds is 7. The minimum Gasteiger partial charge on any atom is -0.396 e. The molecule has 2 rings (SSSR count). The van der Waals surface area contributed by atoms with E-state index in [1.807, 2.05) is 44.2 Å². The van der Waals surface area contributed by atoms with Crippen LogP contribution in [-0.4, -0.2) is 28.1 Å². The number of oxime groups is 1. The number of nitrogens with zero attached hydrogens (tertiary/aromatic N) is 3. The van der Waals surface area contributed by atoms with Crippen LogP contribution in [0.3, 0.4) is 0 Å². The maximum atomic E-state index is 11.3. The first-order chi connectivity index (χ1) is 11.1. The van der Waals surface area contributed by atoms with Crippen LogP contribution in [-0.2, 0) is 11.3 Å². The molecule has 0 aromatic carbocycles. The van der Waals surface area contributed by atoms with Crippen molar-refractivity contribution in [1.82, 2.24) is 9.97 Å². The largest absolute Gasteiger partial charge is 0.396 e. The molecule has 0 fully saturated rings. The Bertz CT molecular complexity index is 711. The average molecular weight is 311 g/mol. The van der Waals surface area contributed by atoms with Crippen molar-refractivity contribution in [3.05, 3.63) is 59.2 Å². The fraction of sp³-hybridized carbons (Fsp3) is 0.333. The molecule has 0 amide bonds. The minimum absolute atomic E-state index is 0.0195. The summed E-state index contributed by atoms with van der Waals surface area (Å²) >= 11 is 0. The van der Waals surface area contributed by atoms with Crippen molar-refractivity contribution in [1.29, 1.82) is 0 Å². The Hall–Kier alpha value is -2.56. The zero-order chi connectivity index (χ0) is 16.7. The Kier molecular flexibility index (Phi) is 5.97. The number of hydrogen-bond donors (Lipinski definition) is 0. The molecule has 0 saturated carbocycles. The van der Waals surface area contributed by atoms with E-state index in [2.05, 4.69) is 15.1 Å². The molecule has 0 aliphatic carbocycles. The minimum atomic E-state index is -0.0195. The highest BCUT2D eigenvalue weighted by Crippen LogP contribution is 2.04. The number of hydrogen-bond acceptors (Lipinski definition) is 5. The summed E-state index contributed by atoms with van der Waals surface area (Å²) in [6, 6.07) is 11.3. The summed E-state index contributed by atoms with van der Waals surface area (Å²) < 4.78 is 0. The summed E-state index contributed by atoms with van der Waals surface area (Å²) in [4.78, 5) is 25.3. The fourth-order valence-electron chi connectivity index (χ4n) is 2.07. The van der Waals surface area contributed by atoms with Crippen LogP contribution < -0.4 is 0 Å². The lowest BCUT2D eigenvalue weighted by molar-refractivity contribution is 0.101. The Morgan fingerprint density at radius 2 is 1.83 bits per heavy atom. The van der Waals surface area contributed by atoms with Crippen molar-refractivity contribution in [2.75, 3.05) is 6.61 Å². The first kappa shape index (κ1) is 16.8. The lowest BCUT2D eigenvalue weighted by Crippen LogP contribution is -2.03. The Labute approximate surface area is 136 Å². The average Bonchev–Trinajstić information content (AvgIpc) is 2.54. The van der Waals surface area contributed by atoms with Gasteiger partial charge in [0.25, 0.3) is 0 Å². The zero-order valence-electron chi connectivity index (χ0n) is 13.7. The van der Waals surface area contributed by atoms with Gasteiger partial charge in [0.2, 0.25) is 0 Å². The second-order valence-electron chi connectivity index (χ2n) is 5.35. The Balaban J connectivity index is 1.80. The molecule has 0 unspecified atom stereocenters. The van der Waals surface area contributed by atoms with Crippen LogP contribution in [0.25, 0.3) is 0 Å². The van der Waals surface area contributed by atoms with Crippen LogP contribution >= 0.6 is 0 Å². The smallest absolute Gasteiger partial charge is 0.178 e. The standard InChI is InChI=1S/C18H21N3O2/c1-13-7-4-10-17(19-13)14(2)21-23-12-6-9-16-8-5-11-18(20-16)15(3)22/h4-5,7-8,10-11H,6,9,12H2,1-3H3/b21-14-. The third-order valence-corrected chi connectivity index (χ3v) is 3.30. The molecule has 0 aliphatic heterocycles. The monoisotopic (exact) mass is 311 g/mol. The van der Waals surface area contributed by atoms with Crippen molar-refractivity contribution in [2.45, 2.75) is 33.6 Å². The molecule has 23 heavy (non-hydrogen) atoms. The fourth-order valence-corrected chi connectivity index (χ4v) is 2.07. The van der Waals surface area contributed by atoms with E-state index in [9.17, 15) is 4.79 Å². The van der Waals surface area contributed by atoms with E-state index < -0.39 is 0 Å². The summed E-state index contributed by atoms with van der Waals surface area (Å²) in [6.45, 7) is 5.83. The summed E-state index contributed by atoms with van der Waals surface area (Å²) in [5, 5.41) is 4.09. The van der Waals surface area contributed by atoms with Crippen LogP contribution in [0.15, 0.2) is 41.6 Å². The third kappa shape index (κ3) is 5.29. The van der Waals surface area contributed by atoms with Crippen LogP contribution in [0.2, 0.25) is 0 Å². The molecule has 0 spiro atoms. The molecule has 0 radical (unpaired) electrons. The number of aryl methyl sites for hydroxylation is 2. The van der Waals surface area contributed by atoms with Gasteiger partial charge in [-0.15, -0.1) is 0 Å². The molecule has 2 aromatic rings. The van der Waals surface area contributed by atoms with Crippen LogP contribution in [0, 0.1) is 6.92 Å². The highest BCUT2D eigenvalue weighted by molar-refractivity contribution is 5.96. The van der Waals surface area contributed by atoms with E-state index in [1.165, 1.54) is 6.92 Å². The zero-order valence-corrected chi connectivity index (χ0v) is 13.7. The highest BCUT2D eigenvalue weighted by atomic mass is 16.6. The molecule has 0 N–H and O–H groups in total. The van der Waals surface area contributed by atoms with Crippen molar-refractivity contribution >= 4 is 11.5 Å². The van der Waals surface area contributed by atoms with Crippen LogP contribution in [0.5, 0.6) is 0 Å². The van der Waals surface area contributed by atoms with Gasteiger partial charge in [-0.3, -0.25) is 9.78 Å². The molecule has 0 aliphatic rings. The lowest BCUT2D eigenvalue weighted by atomic mass is 10.2. The first-order valence-electron chi connectivity index (χ1n) is 7.63. The van der Waals surface area contributed by atoms with Gasteiger partial charge in [0.05, 0.1) is 5.69 Å². The SMILES string of the molecule is CC(=O)c1cccc(CCCO/N=C(/C)c2cccc(C)n2)n1. The van der Waals surface area contributed by atoms with E-state index >= 15 is 0 Å². The van der Waals surface area contributed by atoms with Crippen molar-refractivity contribution < 1.29 is 9.63 Å². The van der Waals surface area contributed by atoms with E-state index in [0.29, 0.717) is 12.3 Å². The second kappa shape index (κ2) is 8.17. The van der Waals surface area contributed by atoms with Gasteiger partial charge in [-0.2, -0.15) is 0 Å². The number of carbonyl (C=O) groups excluding carboxylic acids is 1. The maximum Gasteiger partial charge on any atom is 0.178 e. The first-order valence-corrected chi connectivity index (χ1v) is 7.63. The van der Waals surface area contributed by atoms with Gasteiger partial charge in [0, 0.05) is 18.3 Å². The molecular weight excluding hydrogens is 290 g/mol. The summed E-state index contributed by atoms with van der Waals surface area (Å²) in [5.41, 5.74) is 3.92. The Morgan fingerprint density at radius 1 is 1.09 bits per heavy atom. The molecular formula is C18H21N3O2. The van der Waals surface area contributed by atoms with E-state index in [-0.39, 0.29) is 5.78 Å². The molecule has 2 heterocycles. The van der Waals surface area contributed by atoms with Gasteiger partial charge in [0.1, 0.15) is 18.0 Å². The number of ketones is 1. The Morgan fingerprint density at radius 3 is 2.57 bits per heavy atom. The molecule has 120 valence electrons. The second-order valence-corrected chi connectivity index (χ2v) is 5.35. The molecule has 0 bridgehead atoms. The van der Waals surface area contributed by atoms with Gasteiger partial charge in [-0.05, 0) is 51.0 Å². The quantitative estimate of drug-likeness (QED) is 0.340. The van der Waals surface area contributed by atoms with Crippen LogP contribution in [0.1, 0.15) is 47.8 Å². The summed E-state index contributed by atoms with van der Waals surface area (Å²) in [6.07, 6.45) is 1.53. The van der Waals surface area contributed by atoms with Gasteiger partial charge >= 0.3 is 0 Å². The predicted molar refractivity (Wildman–Crippen MR) is 89.7 cm³/mol. The van der Waals surface area contributed by atoms with Crippen LogP contribution in [0.4, 0.5) is 0 Å². The molecule has 5 heteroatoms. The van der Waals surface area contributed by atoms with Gasteiger partial charge in [-0.1, -0.05) is 17.3 Å². The van der Waals surface area contributed by atoms with E-state index in [0.717, 1.165) is 35.6 Å². The van der Waals surface area contributed by atoms with E-state index in [4.69, 9.17) is 4.84 Å². The van der Waals surface area contributed by atoms with E-state index in [1.54, 1.807) is 6.07 Å². The normalized spacial score (nSPS) is 11.3. The summed E-state index contributed by atoms with van der Waals surface area (Å²) in [5.74, 6) is -0.0195. The molecule has 5 nitrogen and oxygen atoms in total. The predicted octanol–water partition coefficient (Wildman–Crippen LogP) is 3.36. The number of Topliss-reactive ketones (excluding diaryl/α,β-unsaturated/α-hetero) is 1. The topological polar surface area (TPSA) is 64.4 Å². The molecule has 2 aromatic heterocycles. The van der Waals surface area contributed by atoms with Crippen molar-refractivity contribution in [2.24, 2.45) is 5.16 Å². The van der Waals surface area contributed by atoms with Gasteiger partial charge in [-0.25, -0.2) is 4.98 Å². The van der Waals surface area contributed by atoms with Gasteiger partial charge in [0.15, 0.2) is 5.78 Å². The highest BCUT2D eigenvalue weighted by Gasteiger charge is 2.03. The number of aromatic nitrogens is 2. The lowest BCUT2D eigenvalue weighted by Gasteiger charge is -2.04. The summed E-state index contributed by atoms with van der Waals surface area (Å²) in [7, 11) is 0. The number of carbonyl (C=O) groups is 1. The maximum absolute atomic E-state index is 11.3. The molecule has 0 atom stereocenters. The van der Waals surface area contributed by atoms with Crippen molar-refractivity contribution in [3.8, 4) is 0 Å². The number of pyridine rings is 2. The van der Waals surface area contributed by atoms with Crippen molar-refractivity contribution in [3.63, 3.8) is 0 Å².